The molecule has 2 heterocycles. The first-order chi connectivity index (χ1) is 6.81. The average Bonchev–Trinajstić information content (AvgIpc) is 2.74. The monoisotopic (exact) mass is 200 g/mol. The maximum absolute atomic E-state index is 9.48. The van der Waals surface area contributed by atoms with Gasteiger partial charge in [-0.1, -0.05) is 0 Å². The molecular weight excluding hydrogens is 180 g/mol. The molecule has 4 heteroatoms. The van der Waals surface area contributed by atoms with E-state index < -0.39 is 0 Å². The molecule has 0 aromatic heterocycles. The lowest BCUT2D eigenvalue weighted by molar-refractivity contribution is 0.0843. The van der Waals surface area contributed by atoms with Crippen LogP contribution in [0.3, 0.4) is 0 Å². The van der Waals surface area contributed by atoms with Crippen molar-refractivity contribution in [3.05, 3.63) is 0 Å². The van der Waals surface area contributed by atoms with Crippen LogP contribution in [0.25, 0.3) is 0 Å². The number of β-amino-alcohol motifs (C(OH)–C–C–N with tert-alkyl or cyclic N) is 1. The van der Waals surface area contributed by atoms with Crippen molar-refractivity contribution in [2.45, 2.75) is 25.1 Å². The highest BCUT2D eigenvalue weighted by Gasteiger charge is 2.35. The second-order valence-corrected chi connectivity index (χ2v) is 4.34. The van der Waals surface area contributed by atoms with Gasteiger partial charge in [-0.2, -0.15) is 0 Å². The van der Waals surface area contributed by atoms with Crippen molar-refractivity contribution < 1.29 is 9.84 Å². The van der Waals surface area contributed by atoms with E-state index in [-0.39, 0.29) is 6.10 Å². The summed E-state index contributed by atoms with van der Waals surface area (Å²) in [6, 6.07) is 0. The molecule has 2 aliphatic rings. The van der Waals surface area contributed by atoms with Gasteiger partial charge in [0.15, 0.2) is 0 Å². The fourth-order valence-corrected chi connectivity index (χ4v) is 2.58. The molecule has 2 N–H and O–H groups in total. The van der Waals surface area contributed by atoms with Gasteiger partial charge < -0.3 is 15.2 Å². The molecule has 0 radical (unpaired) electrons. The maximum Gasteiger partial charge on any atom is 0.0679 e. The van der Waals surface area contributed by atoms with Crippen molar-refractivity contribution in [3.8, 4) is 0 Å². The summed E-state index contributed by atoms with van der Waals surface area (Å²) < 4.78 is 5.21. The number of aliphatic hydroxyl groups is 1. The Morgan fingerprint density at radius 3 is 3.00 bits per heavy atom. The van der Waals surface area contributed by atoms with Gasteiger partial charge in [-0.15, -0.1) is 0 Å². The Balaban J connectivity index is 1.89. The Kier molecular flexibility index (Phi) is 3.38. The third-order valence-corrected chi connectivity index (χ3v) is 3.28. The summed E-state index contributed by atoms with van der Waals surface area (Å²) in [5, 5.41) is 13.0. The zero-order valence-electron chi connectivity index (χ0n) is 8.78. The third-order valence-electron chi connectivity index (χ3n) is 3.28. The van der Waals surface area contributed by atoms with Gasteiger partial charge in [-0.3, -0.25) is 4.90 Å². The fraction of sp³-hybridized carbons (Fsp3) is 1.00. The van der Waals surface area contributed by atoms with Gasteiger partial charge in [-0.05, 0) is 19.4 Å². The smallest absolute Gasteiger partial charge is 0.0679 e. The van der Waals surface area contributed by atoms with Crippen LogP contribution in [0.15, 0.2) is 0 Å². The number of nitrogens with one attached hydrogen (secondary N) is 1. The molecule has 14 heavy (non-hydrogen) atoms. The number of ether oxygens (including phenoxy) is 1. The number of methoxy groups -OCH3 is 1. The first kappa shape index (κ1) is 10.4. The summed E-state index contributed by atoms with van der Waals surface area (Å²) in [5.74, 6) is 0.588. The topological polar surface area (TPSA) is 44.7 Å². The van der Waals surface area contributed by atoms with Gasteiger partial charge in [0, 0.05) is 26.1 Å². The van der Waals surface area contributed by atoms with E-state index >= 15 is 0 Å². The SMILES string of the molecule is COCC1CCNC1N1CCC(O)C1. The first-order valence-corrected chi connectivity index (χ1v) is 5.45. The molecule has 3 unspecified atom stereocenters. The zero-order valence-corrected chi connectivity index (χ0v) is 8.78. The Morgan fingerprint density at radius 1 is 1.50 bits per heavy atom. The second-order valence-electron chi connectivity index (χ2n) is 4.34. The number of hydrogen-bond acceptors (Lipinski definition) is 4. The average molecular weight is 200 g/mol. The van der Waals surface area contributed by atoms with Crippen LogP contribution >= 0.6 is 0 Å². The molecule has 2 saturated heterocycles. The number of aliphatic hydroxyl groups excluding tert-OH is 1. The first-order valence-electron chi connectivity index (χ1n) is 5.45. The Hall–Kier alpha value is -0.160. The van der Waals surface area contributed by atoms with Crippen LogP contribution in [0.4, 0.5) is 0 Å². The standard InChI is InChI=1S/C10H20N2O2/c1-14-7-8-2-4-11-10(8)12-5-3-9(13)6-12/h8-11,13H,2-7H2,1H3. The van der Waals surface area contributed by atoms with Gasteiger partial charge in [0.1, 0.15) is 0 Å². The molecule has 82 valence electrons. The van der Waals surface area contributed by atoms with Gasteiger partial charge in [-0.25, -0.2) is 0 Å². The van der Waals surface area contributed by atoms with E-state index in [1.54, 1.807) is 7.11 Å². The molecule has 0 amide bonds. The molecule has 0 spiro atoms. The molecule has 0 aliphatic carbocycles. The molecule has 3 atom stereocenters. The fourth-order valence-electron chi connectivity index (χ4n) is 2.58. The predicted octanol–water partition coefficient (Wildman–Crippen LogP) is -0.365. The molecule has 0 bridgehead atoms. The molecule has 0 saturated carbocycles. The van der Waals surface area contributed by atoms with E-state index in [0.717, 1.165) is 32.7 Å². The van der Waals surface area contributed by atoms with Crippen molar-refractivity contribution in [1.82, 2.24) is 10.2 Å². The van der Waals surface area contributed by atoms with Crippen molar-refractivity contribution in [2.24, 2.45) is 5.92 Å². The summed E-state index contributed by atoms with van der Waals surface area (Å²) in [5.41, 5.74) is 0. The molecule has 0 aromatic rings. The van der Waals surface area contributed by atoms with Crippen molar-refractivity contribution in [1.29, 1.82) is 0 Å². The highest BCUT2D eigenvalue weighted by atomic mass is 16.5. The molecule has 2 aliphatic heterocycles. The number of nitrogens with zero attached hydrogens (tertiary/aromatic N) is 1. The largest absolute Gasteiger partial charge is 0.392 e. The lowest BCUT2D eigenvalue weighted by Crippen LogP contribution is -2.45. The van der Waals surface area contributed by atoms with Crippen LogP contribution in [0.1, 0.15) is 12.8 Å². The molecule has 2 rings (SSSR count). The lowest BCUT2D eigenvalue weighted by Gasteiger charge is -2.28. The van der Waals surface area contributed by atoms with E-state index in [1.165, 1.54) is 6.42 Å². The molecule has 0 aromatic carbocycles. The van der Waals surface area contributed by atoms with Crippen LogP contribution in [0.2, 0.25) is 0 Å². The van der Waals surface area contributed by atoms with E-state index in [0.29, 0.717) is 12.1 Å². The van der Waals surface area contributed by atoms with Gasteiger partial charge in [0.05, 0.1) is 18.9 Å². The minimum absolute atomic E-state index is 0.124. The van der Waals surface area contributed by atoms with Crippen LogP contribution in [-0.4, -0.2) is 55.6 Å². The minimum Gasteiger partial charge on any atom is -0.392 e. The zero-order chi connectivity index (χ0) is 9.97. The molecular formula is C10H20N2O2. The van der Waals surface area contributed by atoms with E-state index in [4.69, 9.17) is 4.74 Å². The van der Waals surface area contributed by atoms with Gasteiger partial charge in [0.25, 0.3) is 0 Å². The van der Waals surface area contributed by atoms with Crippen LogP contribution in [0.5, 0.6) is 0 Å². The van der Waals surface area contributed by atoms with E-state index in [2.05, 4.69) is 10.2 Å². The molecule has 4 nitrogen and oxygen atoms in total. The normalized spacial score (nSPS) is 39.4. The van der Waals surface area contributed by atoms with E-state index in [1.807, 2.05) is 0 Å². The lowest BCUT2D eigenvalue weighted by atomic mass is 10.1. The summed E-state index contributed by atoms with van der Waals surface area (Å²) >= 11 is 0. The van der Waals surface area contributed by atoms with Gasteiger partial charge in [0.2, 0.25) is 0 Å². The second kappa shape index (κ2) is 4.57. The number of likely N-dealkylation sites (tertiary alicyclic amines) is 1. The Morgan fingerprint density at radius 2 is 2.36 bits per heavy atom. The quantitative estimate of drug-likeness (QED) is 0.653. The number of rotatable bonds is 3. The highest BCUT2D eigenvalue weighted by molar-refractivity contribution is 4.88. The van der Waals surface area contributed by atoms with Crippen LogP contribution in [0, 0.1) is 5.92 Å². The van der Waals surface area contributed by atoms with Crippen LogP contribution in [-0.2, 0) is 4.74 Å². The number of hydrogen-bond donors (Lipinski definition) is 2. The molecule has 2 fully saturated rings. The Bertz CT molecular complexity index is 189. The predicted molar refractivity (Wildman–Crippen MR) is 54.0 cm³/mol. The Labute approximate surface area is 85.2 Å². The van der Waals surface area contributed by atoms with Crippen molar-refractivity contribution in [2.75, 3.05) is 33.4 Å². The highest BCUT2D eigenvalue weighted by Crippen LogP contribution is 2.22. The van der Waals surface area contributed by atoms with E-state index in [9.17, 15) is 5.11 Å². The summed E-state index contributed by atoms with van der Waals surface area (Å²) in [7, 11) is 1.76. The maximum atomic E-state index is 9.48. The van der Waals surface area contributed by atoms with Crippen molar-refractivity contribution >= 4 is 0 Å². The van der Waals surface area contributed by atoms with Crippen LogP contribution < -0.4 is 5.32 Å². The summed E-state index contributed by atoms with van der Waals surface area (Å²) in [4.78, 5) is 2.35. The summed E-state index contributed by atoms with van der Waals surface area (Å²) in [6.45, 7) is 3.73. The van der Waals surface area contributed by atoms with Gasteiger partial charge >= 0.3 is 0 Å². The third kappa shape index (κ3) is 2.08. The van der Waals surface area contributed by atoms with Crippen molar-refractivity contribution in [3.63, 3.8) is 0 Å². The minimum atomic E-state index is -0.124. The summed E-state index contributed by atoms with van der Waals surface area (Å²) in [6.07, 6.45) is 2.40.